The summed E-state index contributed by atoms with van der Waals surface area (Å²) < 4.78 is 18.5. The van der Waals surface area contributed by atoms with Crippen LogP contribution in [0.25, 0.3) is 11.3 Å². The second kappa shape index (κ2) is 5.63. The molecule has 9 heteroatoms. The average Bonchev–Trinajstić information content (AvgIpc) is 2.40. The van der Waals surface area contributed by atoms with Gasteiger partial charge in [0.05, 0.1) is 5.69 Å². The molecule has 5 N–H and O–H groups in total. The molecule has 21 heavy (non-hydrogen) atoms. The van der Waals surface area contributed by atoms with Crippen LogP contribution in [0.5, 0.6) is 5.88 Å². The van der Waals surface area contributed by atoms with Gasteiger partial charge in [-0.3, -0.25) is 0 Å². The Kier molecular flexibility index (Phi) is 4.06. The maximum Gasteiger partial charge on any atom is 0.512 e. The van der Waals surface area contributed by atoms with E-state index in [9.17, 15) is 9.18 Å². The Morgan fingerprint density at radius 3 is 2.57 bits per heavy atom. The first kappa shape index (κ1) is 15.1. The van der Waals surface area contributed by atoms with Crippen LogP contribution in [0.4, 0.5) is 20.6 Å². The van der Waals surface area contributed by atoms with Gasteiger partial charge < -0.3 is 21.3 Å². The highest BCUT2D eigenvalue weighted by molar-refractivity contribution is 6.34. The average molecular weight is 332 g/mol. The van der Waals surface area contributed by atoms with Gasteiger partial charge in [-0.05, 0) is 18.2 Å². The van der Waals surface area contributed by atoms with Crippen molar-refractivity contribution >= 4 is 40.7 Å². The molecule has 1 aromatic heterocycles. The lowest BCUT2D eigenvalue weighted by molar-refractivity contribution is 0.142. The van der Waals surface area contributed by atoms with Crippen molar-refractivity contribution in [3.05, 3.63) is 34.1 Å². The fraction of sp³-hybridized carbons (Fsp3) is 0. The quantitative estimate of drug-likeness (QED) is 0.574. The number of anilines is 2. The molecule has 1 heterocycles. The number of nitrogen functional groups attached to an aromatic ring is 2. The first-order chi connectivity index (χ1) is 9.81. The standard InChI is InChI=1S/C12H8Cl2FN3O3/c13-4-1-2-5(6(16)3-4)10-8(15)9(17)7(14)11(18-10)21-12(19)20/h1-3H,16H2,(H2,17,18)(H,19,20). The number of pyridine rings is 1. The molecule has 0 radical (unpaired) electrons. The first-order valence-electron chi connectivity index (χ1n) is 5.42. The van der Waals surface area contributed by atoms with Crippen molar-refractivity contribution in [3.63, 3.8) is 0 Å². The van der Waals surface area contributed by atoms with Crippen LogP contribution in [-0.2, 0) is 0 Å². The van der Waals surface area contributed by atoms with Crippen molar-refractivity contribution in [2.24, 2.45) is 0 Å². The molecule has 0 atom stereocenters. The topological polar surface area (TPSA) is 111 Å². The highest BCUT2D eigenvalue weighted by Crippen LogP contribution is 2.38. The molecule has 2 rings (SSSR count). The number of hydrogen-bond acceptors (Lipinski definition) is 5. The Bertz CT molecular complexity index is 740. The van der Waals surface area contributed by atoms with E-state index in [0.29, 0.717) is 5.02 Å². The number of hydrogen-bond donors (Lipinski definition) is 3. The Balaban J connectivity index is 2.68. The van der Waals surface area contributed by atoms with Gasteiger partial charge in [0, 0.05) is 16.3 Å². The monoisotopic (exact) mass is 331 g/mol. The Hall–Kier alpha value is -2.25. The van der Waals surface area contributed by atoms with E-state index in [-0.39, 0.29) is 16.9 Å². The number of nitrogens with two attached hydrogens (primary N) is 2. The van der Waals surface area contributed by atoms with Gasteiger partial charge in [-0.1, -0.05) is 23.2 Å². The van der Waals surface area contributed by atoms with Gasteiger partial charge in [-0.2, -0.15) is 0 Å². The van der Waals surface area contributed by atoms with Gasteiger partial charge in [0.25, 0.3) is 0 Å². The first-order valence-corrected chi connectivity index (χ1v) is 6.17. The summed E-state index contributed by atoms with van der Waals surface area (Å²) in [5, 5.41) is 8.52. The number of carbonyl (C=O) groups is 1. The van der Waals surface area contributed by atoms with Crippen molar-refractivity contribution < 1.29 is 19.0 Å². The Morgan fingerprint density at radius 1 is 1.33 bits per heavy atom. The van der Waals surface area contributed by atoms with Crippen molar-refractivity contribution in [2.45, 2.75) is 0 Å². The van der Waals surface area contributed by atoms with E-state index < -0.39 is 28.6 Å². The van der Waals surface area contributed by atoms with E-state index >= 15 is 0 Å². The smallest absolute Gasteiger partial charge is 0.449 e. The van der Waals surface area contributed by atoms with Gasteiger partial charge in [-0.25, -0.2) is 14.2 Å². The molecule has 0 aliphatic rings. The van der Waals surface area contributed by atoms with E-state index in [1.807, 2.05) is 0 Å². The summed E-state index contributed by atoms with van der Waals surface area (Å²) in [6.07, 6.45) is -1.66. The van der Waals surface area contributed by atoms with Crippen molar-refractivity contribution in [2.75, 3.05) is 11.5 Å². The third kappa shape index (κ3) is 2.93. The summed E-state index contributed by atoms with van der Waals surface area (Å²) in [5.41, 5.74) is 10.8. The minimum Gasteiger partial charge on any atom is -0.449 e. The normalized spacial score (nSPS) is 10.4. The molecule has 0 aliphatic carbocycles. The summed E-state index contributed by atoms with van der Waals surface area (Å²) in [7, 11) is 0. The number of aromatic nitrogens is 1. The highest BCUT2D eigenvalue weighted by atomic mass is 35.5. The summed E-state index contributed by atoms with van der Waals surface area (Å²) in [4.78, 5) is 14.3. The van der Waals surface area contributed by atoms with E-state index in [0.717, 1.165) is 0 Å². The minimum atomic E-state index is -1.66. The maximum atomic E-state index is 14.2. The number of benzene rings is 1. The second-order valence-corrected chi connectivity index (χ2v) is 4.72. The molecule has 0 fully saturated rings. The van der Waals surface area contributed by atoms with Crippen LogP contribution in [-0.4, -0.2) is 16.2 Å². The molecule has 1 aromatic carbocycles. The lowest BCUT2D eigenvalue weighted by Crippen LogP contribution is -2.09. The van der Waals surface area contributed by atoms with Crippen LogP contribution < -0.4 is 16.2 Å². The molecule has 0 saturated heterocycles. The molecule has 0 unspecified atom stereocenters. The summed E-state index contributed by atoms with van der Waals surface area (Å²) in [6.45, 7) is 0. The van der Waals surface area contributed by atoms with E-state index in [1.165, 1.54) is 18.2 Å². The van der Waals surface area contributed by atoms with Crippen molar-refractivity contribution in [1.29, 1.82) is 0 Å². The highest BCUT2D eigenvalue weighted by Gasteiger charge is 2.21. The molecule has 0 amide bonds. The molecular weight excluding hydrogens is 324 g/mol. The molecule has 2 aromatic rings. The molecule has 0 bridgehead atoms. The second-order valence-electron chi connectivity index (χ2n) is 3.91. The number of ether oxygens (including phenoxy) is 1. The van der Waals surface area contributed by atoms with Crippen LogP contribution in [0.1, 0.15) is 0 Å². The Labute approximate surface area is 128 Å². The third-order valence-corrected chi connectivity index (χ3v) is 3.14. The fourth-order valence-electron chi connectivity index (χ4n) is 1.62. The molecule has 110 valence electrons. The Morgan fingerprint density at radius 2 is 2.00 bits per heavy atom. The number of carboxylic acid groups (broad SMARTS) is 1. The molecule has 0 spiro atoms. The van der Waals surface area contributed by atoms with Gasteiger partial charge in [0.15, 0.2) is 5.82 Å². The molecular formula is C12H8Cl2FN3O3. The fourth-order valence-corrected chi connectivity index (χ4v) is 1.96. The molecule has 0 aliphatic heterocycles. The third-order valence-electron chi connectivity index (χ3n) is 2.53. The van der Waals surface area contributed by atoms with Crippen LogP contribution in [0, 0.1) is 5.82 Å². The predicted molar refractivity (Wildman–Crippen MR) is 77.1 cm³/mol. The number of nitrogens with zero attached hydrogens (tertiary/aromatic N) is 1. The van der Waals surface area contributed by atoms with E-state index in [4.69, 9.17) is 39.8 Å². The van der Waals surface area contributed by atoms with Gasteiger partial charge in [0.1, 0.15) is 10.7 Å². The maximum absolute atomic E-state index is 14.2. The zero-order valence-electron chi connectivity index (χ0n) is 10.2. The summed E-state index contributed by atoms with van der Waals surface area (Å²) in [5.74, 6) is -1.47. The lowest BCUT2D eigenvalue weighted by Gasteiger charge is -2.12. The van der Waals surface area contributed by atoms with Crippen LogP contribution in [0.15, 0.2) is 18.2 Å². The summed E-state index contributed by atoms with van der Waals surface area (Å²) in [6, 6.07) is 4.28. The van der Waals surface area contributed by atoms with Gasteiger partial charge >= 0.3 is 6.16 Å². The minimum absolute atomic E-state index is 0.136. The largest absolute Gasteiger partial charge is 0.512 e. The van der Waals surface area contributed by atoms with Crippen LogP contribution in [0.2, 0.25) is 10.0 Å². The zero-order chi connectivity index (χ0) is 15.7. The van der Waals surface area contributed by atoms with Crippen molar-refractivity contribution in [1.82, 2.24) is 4.98 Å². The van der Waals surface area contributed by atoms with Crippen molar-refractivity contribution in [3.8, 4) is 17.1 Å². The molecule has 0 saturated carbocycles. The summed E-state index contributed by atoms with van der Waals surface area (Å²) >= 11 is 11.5. The predicted octanol–water partition coefficient (Wildman–Crippen LogP) is 3.42. The van der Waals surface area contributed by atoms with E-state index in [1.54, 1.807) is 0 Å². The zero-order valence-corrected chi connectivity index (χ0v) is 11.7. The van der Waals surface area contributed by atoms with E-state index in [2.05, 4.69) is 9.72 Å². The molecule has 6 nitrogen and oxygen atoms in total. The van der Waals surface area contributed by atoms with Crippen LogP contribution in [0.3, 0.4) is 0 Å². The van der Waals surface area contributed by atoms with Crippen LogP contribution >= 0.6 is 23.2 Å². The van der Waals surface area contributed by atoms with Gasteiger partial charge in [0.2, 0.25) is 5.88 Å². The SMILES string of the molecule is Nc1cc(Cl)ccc1-c1nc(OC(=O)O)c(Cl)c(N)c1F. The number of rotatable bonds is 2. The van der Waals surface area contributed by atoms with Gasteiger partial charge in [-0.15, -0.1) is 0 Å². The number of halogens is 3. The lowest BCUT2D eigenvalue weighted by atomic mass is 10.1.